The summed E-state index contributed by atoms with van der Waals surface area (Å²) >= 11 is 0. The van der Waals surface area contributed by atoms with Gasteiger partial charge in [0.1, 0.15) is 0 Å². The molecule has 1 rings (SSSR count). The minimum absolute atomic E-state index is 0.106. The molecule has 0 aliphatic carbocycles. The summed E-state index contributed by atoms with van der Waals surface area (Å²) in [6, 6.07) is 0.229. The van der Waals surface area contributed by atoms with Crippen molar-refractivity contribution in [2.24, 2.45) is 11.7 Å². The summed E-state index contributed by atoms with van der Waals surface area (Å²) in [6.45, 7) is 5.47. The van der Waals surface area contributed by atoms with Crippen molar-refractivity contribution in [3.63, 3.8) is 0 Å². The summed E-state index contributed by atoms with van der Waals surface area (Å²) in [7, 11) is 0. The fourth-order valence-corrected chi connectivity index (χ4v) is 2.12. The highest BCUT2D eigenvalue weighted by Crippen LogP contribution is 2.22. The number of nitrogens with two attached hydrogens (primary N) is 1. The molecule has 1 saturated heterocycles. The summed E-state index contributed by atoms with van der Waals surface area (Å²) in [4.78, 5) is 13.6. The lowest BCUT2D eigenvalue weighted by Crippen LogP contribution is -2.50. The van der Waals surface area contributed by atoms with Gasteiger partial charge in [0.25, 0.3) is 0 Å². The summed E-state index contributed by atoms with van der Waals surface area (Å²) in [5.74, 6) is 0.637. The van der Waals surface area contributed by atoms with Crippen LogP contribution in [0.5, 0.6) is 0 Å². The van der Waals surface area contributed by atoms with Crippen molar-refractivity contribution in [3.8, 4) is 0 Å². The van der Waals surface area contributed by atoms with Gasteiger partial charge in [0.05, 0.1) is 0 Å². The van der Waals surface area contributed by atoms with Gasteiger partial charge in [-0.25, -0.2) is 0 Å². The van der Waals surface area contributed by atoms with Gasteiger partial charge in [0.2, 0.25) is 5.91 Å². The second kappa shape index (κ2) is 5.15. The second-order valence-corrected chi connectivity index (χ2v) is 3.95. The molecule has 0 spiro atoms. The van der Waals surface area contributed by atoms with Crippen molar-refractivity contribution in [3.05, 3.63) is 12.2 Å². The van der Waals surface area contributed by atoms with Gasteiger partial charge >= 0.3 is 0 Å². The van der Waals surface area contributed by atoms with E-state index < -0.39 is 0 Å². The molecule has 3 nitrogen and oxygen atoms in total. The van der Waals surface area contributed by atoms with E-state index in [0.29, 0.717) is 12.5 Å². The zero-order chi connectivity index (χ0) is 10.6. The van der Waals surface area contributed by atoms with Gasteiger partial charge in [-0.1, -0.05) is 13.0 Å². The van der Waals surface area contributed by atoms with Crippen LogP contribution in [-0.2, 0) is 4.79 Å². The minimum Gasteiger partial charge on any atom is -0.335 e. The molecule has 1 fully saturated rings. The van der Waals surface area contributed by atoms with Crippen molar-refractivity contribution in [2.45, 2.75) is 32.7 Å². The average molecular weight is 196 g/mol. The lowest BCUT2D eigenvalue weighted by Gasteiger charge is -2.38. The Morgan fingerprint density at radius 1 is 1.64 bits per heavy atom. The van der Waals surface area contributed by atoms with Gasteiger partial charge in [-0.2, -0.15) is 0 Å². The van der Waals surface area contributed by atoms with Crippen LogP contribution in [0.25, 0.3) is 0 Å². The highest BCUT2D eigenvalue weighted by molar-refractivity contribution is 5.87. The normalized spacial score (nSPS) is 28.4. The number of piperidine rings is 1. The summed E-state index contributed by atoms with van der Waals surface area (Å²) < 4.78 is 0. The molecule has 2 N–H and O–H groups in total. The maximum Gasteiger partial charge on any atom is 0.246 e. The predicted molar refractivity (Wildman–Crippen MR) is 57.8 cm³/mol. The SMILES string of the molecule is C/C=C/C(=O)N1CCCC(C)C1CN. The number of allylic oxidation sites excluding steroid dienone is 1. The maximum atomic E-state index is 11.7. The van der Waals surface area contributed by atoms with Crippen LogP contribution >= 0.6 is 0 Å². The number of hydrogen-bond donors (Lipinski definition) is 1. The highest BCUT2D eigenvalue weighted by Gasteiger charge is 2.29. The fraction of sp³-hybridized carbons (Fsp3) is 0.727. The largest absolute Gasteiger partial charge is 0.335 e. The Balaban J connectivity index is 2.69. The second-order valence-electron chi connectivity index (χ2n) is 3.95. The molecule has 0 aromatic heterocycles. The molecular formula is C11H20N2O. The third kappa shape index (κ3) is 2.35. The molecule has 0 bridgehead atoms. The van der Waals surface area contributed by atoms with Crippen LogP contribution in [0.1, 0.15) is 26.7 Å². The van der Waals surface area contributed by atoms with Crippen molar-refractivity contribution < 1.29 is 4.79 Å². The Morgan fingerprint density at radius 3 is 2.93 bits per heavy atom. The summed E-state index contributed by atoms with van der Waals surface area (Å²) in [5, 5.41) is 0. The van der Waals surface area contributed by atoms with Crippen molar-refractivity contribution in [2.75, 3.05) is 13.1 Å². The molecule has 1 aliphatic heterocycles. The lowest BCUT2D eigenvalue weighted by molar-refractivity contribution is -0.130. The van der Waals surface area contributed by atoms with E-state index in [1.54, 1.807) is 12.2 Å². The number of carbonyl (C=O) groups is 1. The topological polar surface area (TPSA) is 46.3 Å². The van der Waals surface area contributed by atoms with Gasteiger partial charge in [-0.15, -0.1) is 0 Å². The van der Waals surface area contributed by atoms with E-state index in [1.165, 1.54) is 6.42 Å². The van der Waals surface area contributed by atoms with Crippen LogP contribution in [0.15, 0.2) is 12.2 Å². The number of nitrogens with zero attached hydrogens (tertiary/aromatic N) is 1. The molecule has 1 heterocycles. The van der Waals surface area contributed by atoms with Gasteiger partial charge < -0.3 is 10.6 Å². The van der Waals surface area contributed by atoms with Crippen LogP contribution in [0.4, 0.5) is 0 Å². The third-order valence-electron chi connectivity index (χ3n) is 2.95. The zero-order valence-corrected chi connectivity index (χ0v) is 9.07. The molecule has 1 amide bonds. The highest BCUT2D eigenvalue weighted by atomic mass is 16.2. The molecule has 2 unspecified atom stereocenters. The van der Waals surface area contributed by atoms with Crippen LogP contribution in [0, 0.1) is 5.92 Å². The minimum atomic E-state index is 0.106. The molecule has 3 heteroatoms. The Bertz CT molecular complexity index is 225. The Labute approximate surface area is 86.0 Å². The molecule has 0 aromatic rings. The fourth-order valence-electron chi connectivity index (χ4n) is 2.12. The Morgan fingerprint density at radius 2 is 2.36 bits per heavy atom. The van der Waals surface area contributed by atoms with Crippen LogP contribution in [0.3, 0.4) is 0 Å². The zero-order valence-electron chi connectivity index (χ0n) is 9.07. The van der Waals surface area contributed by atoms with E-state index in [2.05, 4.69) is 6.92 Å². The molecule has 1 aliphatic rings. The first kappa shape index (κ1) is 11.2. The van der Waals surface area contributed by atoms with Crippen molar-refractivity contribution in [1.29, 1.82) is 0 Å². The quantitative estimate of drug-likeness (QED) is 0.673. The lowest BCUT2D eigenvalue weighted by atomic mass is 9.91. The standard InChI is InChI=1S/C11H20N2O/c1-3-5-11(14)13-7-4-6-9(2)10(13)8-12/h3,5,9-10H,4,6-8,12H2,1-2H3/b5-3+. The number of amides is 1. The monoisotopic (exact) mass is 196 g/mol. The van der Waals surface area contributed by atoms with Gasteiger partial charge in [0, 0.05) is 19.1 Å². The van der Waals surface area contributed by atoms with Crippen molar-refractivity contribution in [1.82, 2.24) is 4.90 Å². The molecule has 14 heavy (non-hydrogen) atoms. The summed E-state index contributed by atoms with van der Waals surface area (Å²) in [5.41, 5.74) is 5.70. The van der Waals surface area contributed by atoms with Gasteiger partial charge in [-0.05, 0) is 31.8 Å². The number of hydrogen-bond acceptors (Lipinski definition) is 2. The molecule has 0 radical (unpaired) electrons. The first-order valence-electron chi connectivity index (χ1n) is 5.34. The van der Waals surface area contributed by atoms with Crippen LogP contribution < -0.4 is 5.73 Å². The molecule has 80 valence electrons. The third-order valence-corrected chi connectivity index (χ3v) is 2.95. The predicted octanol–water partition coefficient (Wildman–Crippen LogP) is 1.15. The van der Waals surface area contributed by atoms with E-state index in [1.807, 2.05) is 11.8 Å². The molecular weight excluding hydrogens is 176 g/mol. The Hall–Kier alpha value is -0.830. The molecule has 2 atom stereocenters. The van der Waals surface area contributed by atoms with E-state index in [-0.39, 0.29) is 11.9 Å². The Kier molecular flexibility index (Phi) is 4.14. The van der Waals surface area contributed by atoms with Crippen LogP contribution in [0.2, 0.25) is 0 Å². The van der Waals surface area contributed by atoms with Crippen LogP contribution in [-0.4, -0.2) is 29.9 Å². The summed E-state index contributed by atoms with van der Waals surface area (Å²) in [6.07, 6.45) is 5.69. The molecule has 0 aromatic carbocycles. The number of carbonyl (C=O) groups excluding carboxylic acids is 1. The number of likely N-dealkylation sites (tertiary alicyclic amines) is 1. The maximum absolute atomic E-state index is 11.7. The first-order valence-corrected chi connectivity index (χ1v) is 5.34. The van der Waals surface area contributed by atoms with E-state index in [4.69, 9.17) is 5.73 Å². The van der Waals surface area contributed by atoms with Gasteiger partial charge in [-0.3, -0.25) is 4.79 Å². The van der Waals surface area contributed by atoms with Crippen molar-refractivity contribution >= 4 is 5.91 Å². The smallest absolute Gasteiger partial charge is 0.246 e. The van der Waals surface area contributed by atoms with Gasteiger partial charge in [0.15, 0.2) is 0 Å². The molecule has 0 saturated carbocycles. The number of rotatable bonds is 2. The first-order chi connectivity index (χ1) is 6.70. The van der Waals surface area contributed by atoms with E-state index >= 15 is 0 Å². The average Bonchev–Trinajstić information content (AvgIpc) is 2.17. The van der Waals surface area contributed by atoms with E-state index in [9.17, 15) is 4.79 Å². The van der Waals surface area contributed by atoms with E-state index in [0.717, 1.165) is 13.0 Å².